The first kappa shape index (κ1) is 14.6. The van der Waals surface area contributed by atoms with Crippen LogP contribution in [-0.2, 0) is 6.54 Å². The van der Waals surface area contributed by atoms with Crippen LogP contribution in [0.15, 0.2) is 24.4 Å². The monoisotopic (exact) mass is 292 g/mol. The topological polar surface area (TPSA) is 97.1 Å². The molecule has 0 aliphatic heterocycles. The van der Waals surface area contributed by atoms with Crippen molar-refractivity contribution >= 4 is 11.9 Å². The number of carboxylic acid groups (broad SMARTS) is 1. The van der Waals surface area contributed by atoms with E-state index in [-0.39, 0.29) is 24.3 Å². The lowest BCUT2D eigenvalue weighted by Gasteiger charge is -2.06. The van der Waals surface area contributed by atoms with Crippen molar-refractivity contribution in [1.82, 2.24) is 20.3 Å². The number of nitrogens with zero attached hydrogens (tertiary/aromatic N) is 3. The molecule has 0 aliphatic carbocycles. The van der Waals surface area contributed by atoms with Crippen molar-refractivity contribution in [3.8, 4) is 0 Å². The largest absolute Gasteiger partial charge is 0.476 e. The number of halogens is 1. The first-order chi connectivity index (χ1) is 9.95. The number of nitrogens with one attached hydrogen (secondary N) is 1. The Morgan fingerprint density at radius 2 is 2.14 bits per heavy atom. The standard InChI is InChI=1S/C13H13FN4O3/c1-8-4-9(6-10(14)5-8)12(19)15-2-3-18-7-11(13(20)21)16-17-18/h4-7H,2-3H2,1H3,(H,15,19)(H,20,21). The first-order valence-corrected chi connectivity index (χ1v) is 6.14. The molecule has 0 saturated carbocycles. The number of carbonyl (C=O) groups is 2. The molecule has 1 heterocycles. The van der Waals surface area contributed by atoms with Crippen LogP contribution in [0.25, 0.3) is 0 Å². The van der Waals surface area contributed by atoms with Crippen molar-refractivity contribution in [3.63, 3.8) is 0 Å². The molecule has 2 N–H and O–H groups in total. The number of carboxylic acids is 1. The lowest BCUT2D eigenvalue weighted by Crippen LogP contribution is -2.27. The van der Waals surface area contributed by atoms with Crippen LogP contribution in [-0.4, -0.2) is 38.5 Å². The molecule has 0 unspecified atom stereocenters. The Morgan fingerprint density at radius 1 is 1.38 bits per heavy atom. The third-order valence-electron chi connectivity index (χ3n) is 2.69. The lowest BCUT2D eigenvalue weighted by atomic mass is 10.1. The van der Waals surface area contributed by atoms with Gasteiger partial charge in [-0.25, -0.2) is 13.9 Å². The molecule has 0 fully saturated rings. The Labute approximate surface area is 119 Å². The highest BCUT2D eigenvalue weighted by Gasteiger charge is 2.09. The molecule has 21 heavy (non-hydrogen) atoms. The molecule has 1 aromatic carbocycles. The zero-order valence-electron chi connectivity index (χ0n) is 11.2. The molecule has 110 valence electrons. The van der Waals surface area contributed by atoms with Crippen LogP contribution >= 0.6 is 0 Å². The highest BCUT2D eigenvalue weighted by molar-refractivity contribution is 5.94. The summed E-state index contributed by atoms with van der Waals surface area (Å²) in [5.41, 5.74) is 0.724. The van der Waals surface area contributed by atoms with E-state index in [2.05, 4.69) is 15.6 Å². The van der Waals surface area contributed by atoms with Gasteiger partial charge in [0.15, 0.2) is 5.69 Å². The van der Waals surface area contributed by atoms with E-state index in [4.69, 9.17) is 5.11 Å². The number of amides is 1. The molecule has 0 radical (unpaired) electrons. The summed E-state index contributed by atoms with van der Waals surface area (Å²) in [5.74, 6) is -2.04. The molecule has 1 amide bonds. The third kappa shape index (κ3) is 3.85. The fraction of sp³-hybridized carbons (Fsp3) is 0.231. The fourth-order valence-corrected chi connectivity index (χ4v) is 1.76. The smallest absolute Gasteiger partial charge is 0.358 e. The molecular formula is C13H13FN4O3. The van der Waals surface area contributed by atoms with E-state index in [0.29, 0.717) is 5.56 Å². The number of aromatic carboxylic acids is 1. The summed E-state index contributed by atoms with van der Waals surface area (Å²) in [6, 6.07) is 4.07. The molecule has 2 aromatic rings. The molecule has 1 aromatic heterocycles. The van der Waals surface area contributed by atoms with Crippen LogP contribution in [0.5, 0.6) is 0 Å². The van der Waals surface area contributed by atoms with E-state index in [1.54, 1.807) is 13.0 Å². The fourth-order valence-electron chi connectivity index (χ4n) is 1.76. The Balaban J connectivity index is 1.90. The number of aryl methyl sites for hydroxylation is 1. The Hall–Kier alpha value is -2.77. The Kier molecular flexibility index (Phi) is 4.27. The van der Waals surface area contributed by atoms with Crippen LogP contribution in [0.1, 0.15) is 26.4 Å². The average molecular weight is 292 g/mol. The van der Waals surface area contributed by atoms with Crippen LogP contribution in [0, 0.1) is 12.7 Å². The zero-order valence-corrected chi connectivity index (χ0v) is 11.2. The minimum atomic E-state index is -1.17. The summed E-state index contributed by atoms with van der Waals surface area (Å²) >= 11 is 0. The van der Waals surface area contributed by atoms with Crippen molar-refractivity contribution in [3.05, 3.63) is 47.0 Å². The predicted molar refractivity (Wildman–Crippen MR) is 70.5 cm³/mol. The van der Waals surface area contributed by atoms with Crippen LogP contribution in [0.4, 0.5) is 4.39 Å². The number of hydrogen-bond donors (Lipinski definition) is 2. The first-order valence-electron chi connectivity index (χ1n) is 6.14. The highest BCUT2D eigenvalue weighted by Crippen LogP contribution is 2.08. The highest BCUT2D eigenvalue weighted by atomic mass is 19.1. The van der Waals surface area contributed by atoms with Crippen molar-refractivity contribution in [2.24, 2.45) is 0 Å². The van der Waals surface area contributed by atoms with E-state index in [0.717, 1.165) is 6.07 Å². The summed E-state index contributed by atoms with van der Waals surface area (Å²) in [6.07, 6.45) is 1.26. The molecule has 7 nitrogen and oxygen atoms in total. The van der Waals surface area contributed by atoms with E-state index in [1.165, 1.54) is 16.9 Å². The minimum absolute atomic E-state index is 0.165. The van der Waals surface area contributed by atoms with Gasteiger partial charge in [0.25, 0.3) is 5.91 Å². The summed E-state index contributed by atoms with van der Waals surface area (Å²) in [7, 11) is 0. The molecule has 8 heteroatoms. The van der Waals surface area contributed by atoms with Gasteiger partial charge in [0.1, 0.15) is 5.82 Å². The van der Waals surface area contributed by atoms with Gasteiger partial charge < -0.3 is 10.4 Å². The number of benzene rings is 1. The lowest BCUT2D eigenvalue weighted by molar-refractivity contribution is 0.0690. The minimum Gasteiger partial charge on any atom is -0.476 e. The van der Waals surface area contributed by atoms with E-state index in [9.17, 15) is 14.0 Å². The van der Waals surface area contributed by atoms with E-state index in [1.807, 2.05) is 0 Å². The number of carbonyl (C=O) groups excluding carboxylic acids is 1. The van der Waals surface area contributed by atoms with Gasteiger partial charge in [0.05, 0.1) is 12.7 Å². The van der Waals surface area contributed by atoms with Crippen molar-refractivity contribution < 1.29 is 19.1 Å². The number of rotatable bonds is 5. The van der Waals surface area contributed by atoms with Gasteiger partial charge in [0, 0.05) is 12.1 Å². The Morgan fingerprint density at radius 3 is 2.76 bits per heavy atom. The third-order valence-corrected chi connectivity index (χ3v) is 2.69. The molecule has 2 rings (SSSR count). The normalized spacial score (nSPS) is 10.4. The molecule has 0 saturated heterocycles. The second-order valence-corrected chi connectivity index (χ2v) is 4.45. The SMILES string of the molecule is Cc1cc(F)cc(C(=O)NCCn2cc(C(=O)O)nn2)c1. The van der Waals surface area contributed by atoms with Crippen molar-refractivity contribution in [2.45, 2.75) is 13.5 Å². The summed E-state index contributed by atoms with van der Waals surface area (Å²) in [4.78, 5) is 22.5. The predicted octanol–water partition coefficient (Wildman–Crippen LogP) is 0.854. The van der Waals surface area contributed by atoms with Crippen LogP contribution in [0.2, 0.25) is 0 Å². The Bertz CT molecular complexity index is 664. The molecule has 0 bridgehead atoms. The van der Waals surface area contributed by atoms with Gasteiger partial charge >= 0.3 is 5.97 Å². The molecule has 0 atom stereocenters. The van der Waals surface area contributed by atoms with Crippen LogP contribution in [0.3, 0.4) is 0 Å². The van der Waals surface area contributed by atoms with Crippen LogP contribution < -0.4 is 5.32 Å². The zero-order chi connectivity index (χ0) is 15.4. The second kappa shape index (κ2) is 6.12. The van der Waals surface area contributed by atoms with Gasteiger partial charge in [-0.15, -0.1) is 5.10 Å². The maximum atomic E-state index is 13.2. The maximum absolute atomic E-state index is 13.2. The summed E-state index contributed by atoms with van der Waals surface area (Å²) < 4.78 is 14.5. The molecular weight excluding hydrogens is 279 g/mol. The summed E-state index contributed by atoms with van der Waals surface area (Å²) in [6.45, 7) is 2.18. The quantitative estimate of drug-likeness (QED) is 0.851. The number of aromatic nitrogens is 3. The van der Waals surface area contributed by atoms with Gasteiger partial charge in [-0.2, -0.15) is 0 Å². The second-order valence-electron chi connectivity index (χ2n) is 4.45. The maximum Gasteiger partial charge on any atom is 0.358 e. The van der Waals surface area contributed by atoms with Crippen molar-refractivity contribution in [1.29, 1.82) is 0 Å². The van der Waals surface area contributed by atoms with Gasteiger partial charge in [0.2, 0.25) is 0 Å². The van der Waals surface area contributed by atoms with E-state index >= 15 is 0 Å². The molecule has 0 spiro atoms. The number of hydrogen-bond acceptors (Lipinski definition) is 4. The van der Waals surface area contributed by atoms with Gasteiger partial charge in [-0.3, -0.25) is 4.79 Å². The van der Waals surface area contributed by atoms with E-state index < -0.39 is 17.7 Å². The average Bonchev–Trinajstić information content (AvgIpc) is 2.86. The van der Waals surface area contributed by atoms with Gasteiger partial charge in [-0.05, 0) is 30.7 Å². The summed E-state index contributed by atoms with van der Waals surface area (Å²) in [5, 5.41) is 18.3. The molecule has 0 aliphatic rings. The van der Waals surface area contributed by atoms with Crippen molar-refractivity contribution in [2.75, 3.05) is 6.54 Å². The van der Waals surface area contributed by atoms with Gasteiger partial charge in [-0.1, -0.05) is 5.21 Å².